The Bertz CT molecular complexity index is 1080. The Balaban J connectivity index is 1.57. The van der Waals surface area contributed by atoms with Crippen molar-refractivity contribution in [3.63, 3.8) is 0 Å². The fraction of sp³-hybridized carbons (Fsp3) is 0.208. The Hall–Kier alpha value is -4.07. The summed E-state index contributed by atoms with van der Waals surface area (Å²) in [6.07, 6.45) is 1.98. The third-order valence-electron chi connectivity index (χ3n) is 5.63. The van der Waals surface area contributed by atoms with Gasteiger partial charge in [0, 0.05) is 13.1 Å². The minimum Gasteiger partial charge on any atom is -0.477 e. The van der Waals surface area contributed by atoms with E-state index in [1.165, 1.54) is 6.08 Å². The van der Waals surface area contributed by atoms with Crippen molar-refractivity contribution in [1.82, 2.24) is 15.1 Å². The quantitative estimate of drug-likeness (QED) is 0.606. The van der Waals surface area contributed by atoms with Gasteiger partial charge in [0.25, 0.3) is 0 Å². The van der Waals surface area contributed by atoms with Crippen LogP contribution >= 0.6 is 0 Å². The molecule has 0 spiro atoms. The molecule has 2 aliphatic rings. The van der Waals surface area contributed by atoms with Gasteiger partial charge in [-0.25, -0.2) is 4.79 Å². The summed E-state index contributed by atoms with van der Waals surface area (Å²) in [6.45, 7) is 4.77. The SMILES string of the molecule is C=CC(=O)N1CC[C@H](N2CNC(C(=O)O)=C(c3ccc(Oc4ccccc4)cc3)C2=N)C1. The highest BCUT2D eigenvalue weighted by Gasteiger charge is 2.36. The summed E-state index contributed by atoms with van der Waals surface area (Å²) in [5.74, 6) is 0.169. The van der Waals surface area contributed by atoms with Gasteiger partial charge in [0.05, 0.1) is 18.3 Å². The maximum absolute atomic E-state index is 11.9. The molecular formula is C24H24N4O4. The summed E-state index contributed by atoms with van der Waals surface area (Å²) >= 11 is 0. The van der Waals surface area contributed by atoms with Crippen LogP contribution in [-0.4, -0.2) is 58.4 Å². The molecule has 164 valence electrons. The van der Waals surface area contributed by atoms with Crippen molar-refractivity contribution in [2.24, 2.45) is 0 Å². The van der Waals surface area contributed by atoms with Crippen LogP contribution in [0.2, 0.25) is 0 Å². The molecule has 4 rings (SSSR count). The van der Waals surface area contributed by atoms with Crippen molar-refractivity contribution in [2.45, 2.75) is 12.5 Å². The van der Waals surface area contributed by atoms with Gasteiger partial charge in [0.1, 0.15) is 23.0 Å². The summed E-state index contributed by atoms with van der Waals surface area (Å²) in [5.41, 5.74) is 0.894. The van der Waals surface area contributed by atoms with Crippen LogP contribution in [0, 0.1) is 5.41 Å². The molecule has 2 aromatic rings. The molecule has 0 saturated carbocycles. The molecule has 32 heavy (non-hydrogen) atoms. The van der Waals surface area contributed by atoms with Crippen LogP contribution in [0.3, 0.4) is 0 Å². The van der Waals surface area contributed by atoms with Crippen molar-refractivity contribution in [1.29, 1.82) is 5.41 Å². The highest BCUT2D eigenvalue weighted by Crippen LogP contribution is 2.30. The minimum absolute atomic E-state index is 0.0139. The monoisotopic (exact) mass is 432 g/mol. The number of nitrogens with zero attached hydrogens (tertiary/aromatic N) is 2. The zero-order chi connectivity index (χ0) is 22.7. The Morgan fingerprint density at radius 2 is 1.81 bits per heavy atom. The molecule has 8 nitrogen and oxygen atoms in total. The summed E-state index contributed by atoms with van der Waals surface area (Å²) in [6, 6.07) is 16.3. The number of hydrogen-bond acceptors (Lipinski definition) is 5. The van der Waals surface area contributed by atoms with Crippen molar-refractivity contribution < 1.29 is 19.4 Å². The van der Waals surface area contributed by atoms with Crippen molar-refractivity contribution >= 4 is 23.3 Å². The van der Waals surface area contributed by atoms with Crippen molar-refractivity contribution in [3.05, 3.63) is 78.5 Å². The molecule has 2 heterocycles. The predicted molar refractivity (Wildman–Crippen MR) is 120 cm³/mol. The van der Waals surface area contributed by atoms with Crippen LogP contribution in [0.4, 0.5) is 0 Å². The zero-order valence-electron chi connectivity index (χ0n) is 17.5. The van der Waals surface area contributed by atoms with Gasteiger partial charge in [-0.05, 0) is 42.3 Å². The zero-order valence-corrected chi connectivity index (χ0v) is 17.5. The molecule has 0 aliphatic carbocycles. The van der Waals surface area contributed by atoms with E-state index in [2.05, 4.69) is 11.9 Å². The number of carboxylic acids is 1. The fourth-order valence-electron chi connectivity index (χ4n) is 4.01. The molecule has 2 aromatic carbocycles. The fourth-order valence-corrected chi connectivity index (χ4v) is 4.01. The van der Waals surface area contributed by atoms with E-state index in [1.807, 2.05) is 35.2 Å². The first-order valence-corrected chi connectivity index (χ1v) is 10.3. The van der Waals surface area contributed by atoms with Crippen LogP contribution in [-0.2, 0) is 9.59 Å². The number of ether oxygens (including phenoxy) is 1. The van der Waals surface area contributed by atoms with Crippen LogP contribution in [0.5, 0.6) is 11.5 Å². The number of nitrogens with one attached hydrogen (secondary N) is 2. The molecule has 0 bridgehead atoms. The third-order valence-corrected chi connectivity index (χ3v) is 5.63. The first kappa shape index (κ1) is 21.2. The number of hydrogen-bond donors (Lipinski definition) is 3. The number of benzene rings is 2. The maximum atomic E-state index is 11.9. The first-order chi connectivity index (χ1) is 15.5. The second-order valence-corrected chi connectivity index (χ2v) is 7.58. The molecular weight excluding hydrogens is 408 g/mol. The number of carbonyl (C=O) groups excluding carboxylic acids is 1. The molecule has 2 aliphatic heterocycles. The molecule has 1 saturated heterocycles. The van der Waals surface area contributed by atoms with Crippen molar-refractivity contribution in [3.8, 4) is 11.5 Å². The molecule has 0 aromatic heterocycles. The number of amidine groups is 1. The lowest BCUT2D eigenvalue weighted by Crippen LogP contribution is -2.51. The van der Waals surface area contributed by atoms with E-state index in [9.17, 15) is 14.7 Å². The molecule has 8 heteroatoms. The molecule has 1 atom stereocenters. The Labute approximate surface area is 185 Å². The molecule has 3 N–H and O–H groups in total. The van der Waals surface area contributed by atoms with E-state index < -0.39 is 5.97 Å². The lowest BCUT2D eigenvalue weighted by molar-refractivity contribution is -0.133. The Morgan fingerprint density at radius 3 is 2.47 bits per heavy atom. The Morgan fingerprint density at radius 1 is 1.12 bits per heavy atom. The maximum Gasteiger partial charge on any atom is 0.352 e. The smallest absolute Gasteiger partial charge is 0.352 e. The number of rotatable bonds is 6. The van der Waals surface area contributed by atoms with Gasteiger partial charge >= 0.3 is 5.97 Å². The lowest BCUT2D eigenvalue weighted by atomic mass is 9.98. The van der Waals surface area contributed by atoms with E-state index in [4.69, 9.17) is 10.1 Å². The molecule has 0 unspecified atom stereocenters. The van der Waals surface area contributed by atoms with Gasteiger partial charge < -0.3 is 25.0 Å². The van der Waals surface area contributed by atoms with Crippen LogP contribution in [0.25, 0.3) is 5.57 Å². The number of amides is 1. The van der Waals surface area contributed by atoms with E-state index in [1.54, 1.807) is 29.2 Å². The van der Waals surface area contributed by atoms with Crippen LogP contribution in [0.15, 0.2) is 72.9 Å². The number of likely N-dealkylation sites (tertiary alicyclic amines) is 1. The van der Waals surface area contributed by atoms with Gasteiger partial charge in [0.15, 0.2) is 0 Å². The largest absolute Gasteiger partial charge is 0.477 e. The minimum atomic E-state index is -1.12. The van der Waals surface area contributed by atoms with E-state index in [0.29, 0.717) is 42.1 Å². The topological polar surface area (TPSA) is 106 Å². The van der Waals surface area contributed by atoms with E-state index in [0.717, 1.165) is 0 Å². The van der Waals surface area contributed by atoms with Gasteiger partial charge in [-0.3, -0.25) is 10.2 Å². The normalized spacial score (nSPS) is 18.4. The second-order valence-electron chi connectivity index (χ2n) is 7.58. The second kappa shape index (κ2) is 8.97. The average molecular weight is 432 g/mol. The number of aliphatic carboxylic acids is 1. The summed E-state index contributed by atoms with van der Waals surface area (Å²) in [5, 5.41) is 21.4. The number of para-hydroxylation sites is 1. The van der Waals surface area contributed by atoms with Gasteiger partial charge in [-0.2, -0.15) is 0 Å². The highest BCUT2D eigenvalue weighted by molar-refractivity contribution is 6.26. The lowest BCUT2D eigenvalue weighted by Gasteiger charge is -2.37. The van der Waals surface area contributed by atoms with E-state index >= 15 is 0 Å². The first-order valence-electron chi connectivity index (χ1n) is 10.3. The van der Waals surface area contributed by atoms with E-state index in [-0.39, 0.29) is 30.2 Å². The Kier molecular flexibility index (Phi) is 5.93. The van der Waals surface area contributed by atoms with Gasteiger partial charge in [0.2, 0.25) is 5.91 Å². The highest BCUT2D eigenvalue weighted by atomic mass is 16.5. The van der Waals surface area contributed by atoms with Crippen molar-refractivity contribution in [2.75, 3.05) is 19.8 Å². The number of carbonyl (C=O) groups is 2. The average Bonchev–Trinajstić information content (AvgIpc) is 3.29. The molecule has 0 radical (unpaired) electrons. The summed E-state index contributed by atoms with van der Waals surface area (Å²) in [4.78, 5) is 27.3. The standard InChI is InChI=1S/C24H24N4O4/c1-2-20(29)27-13-12-17(14-27)28-15-26-22(24(30)31)21(23(28)25)16-8-10-19(11-9-16)32-18-6-4-3-5-7-18/h2-11,17,25-26H,1,12-15H2,(H,30,31)/t17-/m0/s1. The summed E-state index contributed by atoms with van der Waals surface area (Å²) in [7, 11) is 0. The van der Waals surface area contributed by atoms with Crippen LogP contribution in [0.1, 0.15) is 12.0 Å². The molecule has 1 amide bonds. The molecule has 1 fully saturated rings. The third kappa shape index (κ3) is 4.20. The summed E-state index contributed by atoms with van der Waals surface area (Å²) < 4.78 is 5.81. The van der Waals surface area contributed by atoms with Gasteiger partial charge in [-0.15, -0.1) is 0 Å². The number of carboxylic acid groups (broad SMARTS) is 1. The predicted octanol–water partition coefficient (Wildman–Crippen LogP) is 2.90. The van der Waals surface area contributed by atoms with Gasteiger partial charge in [-0.1, -0.05) is 36.9 Å². The van der Waals surface area contributed by atoms with Crippen LogP contribution < -0.4 is 10.1 Å².